The molecular formula is C14H16N2O3. The lowest BCUT2D eigenvalue weighted by molar-refractivity contribution is 0.0526. The van der Waals surface area contributed by atoms with Crippen molar-refractivity contribution in [2.24, 2.45) is 0 Å². The monoisotopic (exact) mass is 260 g/mol. The van der Waals surface area contributed by atoms with Crippen LogP contribution in [-0.4, -0.2) is 22.1 Å². The van der Waals surface area contributed by atoms with Gasteiger partial charge in [0.15, 0.2) is 0 Å². The van der Waals surface area contributed by atoms with Crippen LogP contribution < -0.4 is 5.56 Å². The normalized spacial score (nSPS) is 10.7. The van der Waals surface area contributed by atoms with E-state index in [1.54, 1.807) is 36.6 Å². The van der Waals surface area contributed by atoms with Gasteiger partial charge in [-0.05, 0) is 39.0 Å². The van der Waals surface area contributed by atoms with E-state index in [2.05, 4.69) is 4.98 Å². The largest absolute Gasteiger partial charge is 0.462 e. The molecule has 1 aromatic carbocycles. The maximum Gasteiger partial charge on any atom is 0.338 e. The molecule has 1 aromatic heterocycles. The van der Waals surface area contributed by atoms with Gasteiger partial charge in [0.2, 0.25) is 0 Å². The molecule has 100 valence electrons. The van der Waals surface area contributed by atoms with E-state index < -0.39 is 0 Å². The van der Waals surface area contributed by atoms with Crippen LogP contribution in [0.4, 0.5) is 0 Å². The predicted molar refractivity (Wildman–Crippen MR) is 72.4 cm³/mol. The van der Waals surface area contributed by atoms with Gasteiger partial charge in [-0.25, -0.2) is 9.78 Å². The molecule has 0 aliphatic rings. The molecule has 0 spiro atoms. The summed E-state index contributed by atoms with van der Waals surface area (Å²) in [5.41, 5.74) is 2.13. The van der Waals surface area contributed by atoms with Gasteiger partial charge in [-0.3, -0.25) is 4.79 Å². The van der Waals surface area contributed by atoms with Crippen molar-refractivity contribution < 1.29 is 9.53 Å². The second kappa shape index (κ2) is 5.22. The van der Waals surface area contributed by atoms with Crippen molar-refractivity contribution in [3.63, 3.8) is 0 Å². The summed E-state index contributed by atoms with van der Waals surface area (Å²) in [5.74, 6) is -0.377. The SMILES string of the molecule is CCOC(=O)c1ccc2c(c1)nc(C)c(=O)n2CC. The third kappa shape index (κ3) is 2.36. The van der Waals surface area contributed by atoms with Crippen molar-refractivity contribution in [1.29, 1.82) is 0 Å². The quantitative estimate of drug-likeness (QED) is 0.791. The Hall–Kier alpha value is -2.17. The van der Waals surface area contributed by atoms with E-state index in [1.807, 2.05) is 6.92 Å². The van der Waals surface area contributed by atoms with Crippen LogP contribution >= 0.6 is 0 Å². The molecule has 1 heterocycles. The number of benzene rings is 1. The first kappa shape index (κ1) is 13.3. The number of rotatable bonds is 3. The van der Waals surface area contributed by atoms with Gasteiger partial charge in [-0.1, -0.05) is 0 Å². The third-order valence-corrected chi connectivity index (χ3v) is 2.94. The van der Waals surface area contributed by atoms with E-state index in [0.717, 1.165) is 5.52 Å². The van der Waals surface area contributed by atoms with Gasteiger partial charge >= 0.3 is 5.97 Å². The summed E-state index contributed by atoms with van der Waals surface area (Å²) in [4.78, 5) is 27.9. The summed E-state index contributed by atoms with van der Waals surface area (Å²) in [7, 11) is 0. The standard InChI is InChI=1S/C14H16N2O3/c1-4-16-12-7-6-10(14(18)19-5-2)8-11(12)15-9(3)13(16)17/h6-8H,4-5H2,1-3H3. The maximum atomic E-state index is 11.9. The Kier molecular flexibility index (Phi) is 3.64. The highest BCUT2D eigenvalue weighted by molar-refractivity contribution is 5.93. The molecule has 0 saturated heterocycles. The van der Waals surface area contributed by atoms with Gasteiger partial charge in [-0.2, -0.15) is 0 Å². The Balaban J connectivity index is 2.65. The summed E-state index contributed by atoms with van der Waals surface area (Å²) in [6.45, 7) is 6.23. The van der Waals surface area contributed by atoms with Crippen molar-refractivity contribution >= 4 is 17.0 Å². The third-order valence-electron chi connectivity index (χ3n) is 2.94. The molecule has 19 heavy (non-hydrogen) atoms. The first-order chi connectivity index (χ1) is 9.08. The van der Waals surface area contributed by atoms with Crippen LogP contribution in [0.5, 0.6) is 0 Å². The number of esters is 1. The molecule has 0 amide bonds. The van der Waals surface area contributed by atoms with Gasteiger partial charge < -0.3 is 9.30 Å². The van der Waals surface area contributed by atoms with Gasteiger partial charge in [0.05, 0.1) is 23.2 Å². The van der Waals surface area contributed by atoms with Crippen LogP contribution in [0, 0.1) is 6.92 Å². The fraction of sp³-hybridized carbons (Fsp3) is 0.357. The van der Waals surface area contributed by atoms with E-state index in [0.29, 0.717) is 29.9 Å². The van der Waals surface area contributed by atoms with E-state index in [-0.39, 0.29) is 11.5 Å². The van der Waals surface area contributed by atoms with Gasteiger partial charge in [0.25, 0.3) is 5.56 Å². The molecule has 0 fully saturated rings. The van der Waals surface area contributed by atoms with Crippen molar-refractivity contribution in [3.8, 4) is 0 Å². The summed E-state index contributed by atoms with van der Waals surface area (Å²) < 4.78 is 6.60. The molecule has 2 rings (SSSR count). The summed E-state index contributed by atoms with van der Waals surface area (Å²) in [5, 5.41) is 0. The highest BCUT2D eigenvalue weighted by atomic mass is 16.5. The molecular weight excluding hydrogens is 244 g/mol. The topological polar surface area (TPSA) is 61.2 Å². The minimum absolute atomic E-state index is 0.0983. The van der Waals surface area contributed by atoms with E-state index in [9.17, 15) is 9.59 Å². The van der Waals surface area contributed by atoms with Crippen LogP contribution in [-0.2, 0) is 11.3 Å². The number of hydrogen-bond acceptors (Lipinski definition) is 4. The molecule has 0 atom stereocenters. The molecule has 0 radical (unpaired) electrons. The number of aromatic nitrogens is 2. The van der Waals surface area contributed by atoms with Crippen molar-refractivity contribution in [3.05, 3.63) is 39.8 Å². The number of aryl methyl sites for hydroxylation is 2. The Morgan fingerprint density at radius 1 is 1.37 bits per heavy atom. The van der Waals surface area contributed by atoms with Gasteiger partial charge in [0, 0.05) is 6.54 Å². The Labute approximate surface area is 110 Å². The van der Waals surface area contributed by atoms with E-state index >= 15 is 0 Å². The zero-order valence-electron chi connectivity index (χ0n) is 11.3. The summed E-state index contributed by atoms with van der Waals surface area (Å²) in [6, 6.07) is 5.05. The number of ether oxygens (including phenoxy) is 1. The van der Waals surface area contributed by atoms with Crippen LogP contribution in [0.3, 0.4) is 0 Å². The lowest BCUT2D eigenvalue weighted by atomic mass is 10.2. The smallest absolute Gasteiger partial charge is 0.338 e. The minimum atomic E-state index is -0.377. The fourth-order valence-electron chi connectivity index (χ4n) is 2.03. The zero-order valence-corrected chi connectivity index (χ0v) is 11.3. The summed E-state index contributed by atoms with van der Waals surface area (Å²) >= 11 is 0. The second-order valence-electron chi connectivity index (χ2n) is 4.17. The predicted octanol–water partition coefficient (Wildman–Crippen LogP) is 1.90. The van der Waals surface area contributed by atoms with Crippen LogP contribution in [0.1, 0.15) is 29.9 Å². The maximum absolute atomic E-state index is 11.9. The highest BCUT2D eigenvalue weighted by Crippen LogP contribution is 2.14. The minimum Gasteiger partial charge on any atom is -0.462 e. The average Bonchev–Trinajstić information content (AvgIpc) is 2.40. The first-order valence-electron chi connectivity index (χ1n) is 6.26. The Morgan fingerprint density at radius 2 is 2.11 bits per heavy atom. The molecule has 0 N–H and O–H groups in total. The Bertz CT molecular complexity index is 689. The molecule has 0 bridgehead atoms. The van der Waals surface area contributed by atoms with Crippen molar-refractivity contribution in [2.45, 2.75) is 27.3 Å². The van der Waals surface area contributed by atoms with Crippen LogP contribution in [0.25, 0.3) is 11.0 Å². The molecule has 5 heteroatoms. The van der Waals surface area contributed by atoms with Crippen molar-refractivity contribution in [1.82, 2.24) is 9.55 Å². The second-order valence-corrected chi connectivity index (χ2v) is 4.17. The molecule has 0 aliphatic carbocycles. The number of carbonyl (C=O) groups excluding carboxylic acids is 1. The van der Waals surface area contributed by atoms with Crippen LogP contribution in [0.15, 0.2) is 23.0 Å². The summed E-state index contributed by atoms with van der Waals surface area (Å²) in [6.07, 6.45) is 0. The first-order valence-corrected chi connectivity index (χ1v) is 6.26. The molecule has 5 nitrogen and oxygen atoms in total. The van der Waals surface area contributed by atoms with Gasteiger partial charge in [0.1, 0.15) is 5.69 Å². The lowest BCUT2D eigenvalue weighted by Crippen LogP contribution is -2.23. The zero-order chi connectivity index (χ0) is 14.0. The molecule has 0 unspecified atom stereocenters. The highest BCUT2D eigenvalue weighted by Gasteiger charge is 2.11. The molecule has 0 saturated carbocycles. The number of carbonyl (C=O) groups is 1. The van der Waals surface area contributed by atoms with E-state index in [4.69, 9.17) is 4.74 Å². The number of nitrogens with zero attached hydrogens (tertiary/aromatic N) is 2. The number of hydrogen-bond donors (Lipinski definition) is 0. The number of fused-ring (bicyclic) bond motifs is 1. The Morgan fingerprint density at radius 3 is 2.74 bits per heavy atom. The van der Waals surface area contributed by atoms with E-state index in [1.165, 1.54) is 0 Å². The fourth-order valence-corrected chi connectivity index (χ4v) is 2.03. The van der Waals surface area contributed by atoms with Crippen molar-refractivity contribution in [2.75, 3.05) is 6.61 Å². The molecule has 2 aromatic rings. The van der Waals surface area contributed by atoms with Crippen LogP contribution in [0.2, 0.25) is 0 Å². The molecule has 0 aliphatic heterocycles. The van der Waals surface area contributed by atoms with Gasteiger partial charge in [-0.15, -0.1) is 0 Å². The lowest BCUT2D eigenvalue weighted by Gasteiger charge is -2.09. The average molecular weight is 260 g/mol.